The first-order chi connectivity index (χ1) is 3.80. The summed E-state index contributed by atoms with van der Waals surface area (Å²) in [5.41, 5.74) is 0. The van der Waals surface area contributed by atoms with Gasteiger partial charge in [-0.3, -0.25) is 0 Å². The van der Waals surface area contributed by atoms with Gasteiger partial charge in [0.15, 0.2) is 11.5 Å². The Kier molecular flexibility index (Phi) is 3.13. The number of para-hydroxylation sites is 2. The molecule has 1 aromatic carbocycles. The second kappa shape index (κ2) is 3.38. The second-order valence-electron chi connectivity index (χ2n) is 1.49. The molecule has 3 heteroatoms. The number of hydrogen-bond donors (Lipinski definition) is 2. The summed E-state index contributed by atoms with van der Waals surface area (Å²) in [6.45, 7) is 0. The second-order valence-corrected chi connectivity index (χ2v) is 1.49. The number of phenolic OH excluding ortho intramolecular Hbond substituents is 2. The van der Waals surface area contributed by atoms with Gasteiger partial charge in [-0.15, -0.1) is 0 Å². The predicted molar refractivity (Wildman–Crippen MR) is 29.8 cm³/mol. The monoisotopic (exact) mass is 166 g/mol. The SMILES string of the molecule is Oc1ccccc1O.[Fe]. The molecule has 0 unspecified atom stereocenters. The molecular formula is C6H6FeO2. The molecule has 0 amide bonds. The smallest absolute Gasteiger partial charge is 0.157 e. The summed E-state index contributed by atoms with van der Waals surface area (Å²) in [7, 11) is 0. The van der Waals surface area contributed by atoms with Gasteiger partial charge in [0.1, 0.15) is 0 Å². The first-order valence-electron chi connectivity index (χ1n) is 2.27. The van der Waals surface area contributed by atoms with Crippen LogP contribution in [0.5, 0.6) is 11.5 Å². The Hall–Kier alpha value is -0.661. The number of phenols is 2. The molecule has 0 atom stereocenters. The van der Waals surface area contributed by atoms with Crippen LogP contribution in [0.3, 0.4) is 0 Å². The van der Waals surface area contributed by atoms with Crippen molar-refractivity contribution in [1.82, 2.24) is 0 Å². The summed E-state index contributed by atoms with van der Waals surface area (Å²) in [6.07, 6.45) is 0. The van der Waals surface area contributed by atoms with Gasteiger partial charge in [-0.2, -0.15) is 0 Å². The fraction of sp³-hybridized carbons (Fsp3) is 0. The summed E-state index contributed by atoms with van der Waals surface area (Å²) in [5, 5.41) is 17.3. The van der Waals surface area contributed by atoms with Crippen molar-refractivity contribution >= 4 is 0 Å². The van der Waals surface area contributed by atoms with E-state index in [1.165, 1.54) is 12.1 Å². The summed E-state index contributed by atoms with van der Waals surface area (Å²) < 4.78 is 0. The van der Waals surface area contributed by atoms with Crippen LogP contribution in [-0.2, 0) is 17.1 Å². The molecule has 0 aliphatic carbocycles. The van der Waals surface area contributed by atoms with Crippen molar-refractivity contribution in [2.75, 3.05) is 0 Å². The zero-order valence-corrected chi connectivity index (χ0v) is 5.66. The van der Waals surface area contributed by atoms with Gasteiger partial charge >= 0.3 is 0 Å². The minimum absolute atomic E-state index is 0. The molecule has 0 bridgehead atoms. The van der Waals surface area contributed by atoms with Crippen LogP contribution in [-0.4, -0.2) is 10.2 Å². The minimum Gasteiger partial charge on any atom is -0.504 e. The molecule has 2 nitrogen and oxygen atoms in total. The molecule has 0 heterocycles. The largest absolute Gasteiger partial charge is 0.504 e. The third-order valence-electron chi connectivity index (χ3n) is 0.882. The number of aromatic hydroxyl groups is 2. The van der Waals surface area contributed by atoms with Gasteiger partial charge in [-0.25, -0.2) is 0 Å². The fourth-order valence-corrected chi connectivity index (χ4v) is 0.464. The topological polar surface area (TPSA) is 40.5 Å². The van der Waals surface area contributed by atoms with Gasteiger partial charge < -0.3 is 10.2 Å². The standard InChI is InChI=1S/C6H6O2.Fe/c7-5-3-1-2-4-6(5)8;/h1-4,7-8H;. The van der Waals surface area contributed by atoms with Crippen LogP contribution >= 0.6 is 0 Å². The van der Waals surface area contributed by atoms with E-state index in [1.807, 2.05) is 0 Å². The van der Waals surface area contributed by atoms with Gasteiger partial charge in [0.2, 0.25) is 0 Å². The number of hydrogen-bond acceptors (Lipinski definition) is 2. The molecule has 0 fully saturated rings. The van der Waals surface area contributed by atoms with Gasteiger partial charge in [-0.1, -0.05) is 12.1 Å². The van der Waals surface area contributed by atoms with Crippen LogP contribution in [0.2, 0.25) is 0 Å². The van der Waals surface area contributed by atoms with Crippen molar-refractivity contribution in [2.24, 2.45) is 0 Å². The fourth-order valence-electron chi connectivity index (χ4n) is 0.464. The zero-order valence-electron chi connectivity index (χ0n) is 4.56. The van der Waals surface area contributed by atoms with Gasteiger partial charge in [0.25, 0.3) is 0 Å². The molecule has 0 aliphatic rings. The van der Waals surface area contributed by atoms with E-state index < -0.39 is 0 Å². The van der Waals surface area contributed by atoms with Gasteiger partial charge in [0.05, 0.1) is 0 Å². The van der Waals surface area contributed by atoms with Crippen LogP contribution in [0, 0.1) is 0 Å². The van der Waals surface area contributed by atoms with E-state index in [-0.39, 0.29) is 28.6 Å². The van der Waals surface area contributed by atoms with Crippen molar-refractivity contribution in [2.45, 2.75) is 0 Å². The average Bonchev–Trinajstić information content (AvgIpc) is 1.77. The maximum atomic E-state index is 8.67. The Morgan fingerprint density at radius 3 is 1.44 bits per heavy atom. The summed E-state index contributed by atoms with van der Waals surface area (Å²) >= 11 is 0. The van der Waals surface area contributed by atoms with Crippen molar-refractivity contribution < 1.29 is 27.3 Å². The van der Waals surface area contributed by atoms with Gasteiger partial charge in [-0.05, 0) is 12.1 Å². The van der Waals surface area contributed by atoms with Crippen LogP contribution in [0.4, 0.5) is 0 Å². The first-order valence-corrected chi connectivity index (χ1v) is 2.27. The van der Waals surface area contributed by atoms with E-state index in [9.17, 15) is 0 Å². The Bertz CT molecular complexity index is 167. The first kappa shape index (κ1) is 8.34. The Morgan fingerprint density at radius 2 is 1.22 bits per heavy atom. The third-order valence-corrected chi connectivity index (χ3v) is 0.882. The Balaban J connectivity index is 0.000000640. The van der Waals surface area contributed by atoms with E-state index >= 15 is 0 Å². The maximum absolute atomic E-state index is 8.67. The molecule has 1 rings (SSSR count). The molecule has 1 aromatic rings. The van der Waals surface area contributed by atoms with E-state index in [0.29, 0.717) is 0 Å². The van der Waals surface area contributed by atoms with E-state index in [1.54, 1.807) is 12.1 Å². The van der Waals surface area contributed by atoms with Crippen molar-refractivity contribution in [1.29, 1.82) is 0 Å². The van der Waals surface area contributed by atoms with E-state index in [2.05, 4.69) is 0 Å². The maximum Gasteiger partial charge on any atom is 0.157 e. The molecule has 9 heavy (non-hydrogen) atoms. The van der Waals surface area contributed by atoms with Crippen LogP contribution < -0.4 is 0 Å². The van der Waals surface area contributed by atoms with Gasteiger partial charge in [0, 0.05) is 17.1 Å². The van der Waals surface area contributed by atoms with Crippen molar-refractivity contribution in [3.8, 4) is 11.5 Å². The average molecular weight is 166 g/mol. The summed E-state index contributed by atoms with van der Waals surface area (Å²) in [4.78, 5) is 0. The van der Waals surface area contributed by atoms with Crippen LogP contribution in [0.1, 0.15) is 0 Å². The number of rotatable bonds is 0. The summed E-state index contributed by atoms with van der Waals surface area (Å²) in [6, 6.07) is 6.15. The molecule has 0 radical (unpaired) electrons. The Labute approximate surface area is 63.6 Å². The minimum atomic E-state index is -0.0764. The van der Waals surface area contributed by atoms with Crippen molar-refractivity contribution in [3.05, 3.63) is 24.3 Å². The van der Waals surface area contributed by atoms with Crippen LogP contribution in [0.15, 0.2) is 24.3 Å². The molecule has 50 valence electrons. The Morgan fingerprint density at radius 1 is 0.889 bits per heavy atom. The molecule has 0 aliphatic heterocycles. The number of benzene rings is 1. The molecule has 0 aromatic heterocycles. The predicted octanol–water partition coefficient (Wildman–Crippen LogP) is 1.10. The van der Waals surface area contributed by atoms with E-state index in [4.69, 9.17) is 10.2 Å². The molecule has 0 spiro atoms. The molecule has 0 saturated heterocycles. The zero-order chi connectivity index (χ0) is 5.98. The summed E-state index contributed by atoms with van der Waals surface area (Å²) in [5.74, 6) is -0.153. The quantitative estimate of drug-likeness (QED) is 0.447. The van der Waals surface area contributed by atoms with Crippen LogP contribution in [0.25, 0.3) is 0 Å². The normalized spacial score (nSPS) is 8.00. The third kappa shape index (κ3) is 1.96. The molecule has 0 saturated carbocycles. The van der Waals surface area contributed by atoms with Crippen molar-refractivity contribution in [3.63, 3.8) is 0 Å². The van der Waals surface area contributed by atoms with E-state index in [0.717, 1.165) is 0 Å². The molecular weight excluding hydrogens is 160 g/mol. The molecule has 2 N–H and O–H groups in total.